The molecular weight excluding hydrogens is 234 g/mol. The molecule has 0 aliphatic heterocycles. The van der Waals surface area contributed by atoms with E-state index in [9.17, 15) is 4.79 Å². The molecule has 88 valence electrons. The summed E-state index contributed by atoms with van der Waals surface area (Å²) < 4.78 is 0. The summed E-state index contributed by atoms with van der Waals surface area (Å²) in [4.78, 5) is 15.6. The topological polar surface area (TPSA) is 50.2 Å². The summed E-state index contributed by atoms with van der Waals surface area (Å²) in [5.74, 6) is -0.818. The van der Waals surface area contributed by atoms with Crippen LogP contribution in [0.15, 0.2) is 30.5 Å². The number of rotatable bonds is 4. The van der Waals surface area contributed by atoms with Gasteiger partial charge in [0.25, 0.3) is 0 Å². The number of carboxylic acid groups (broad SMARTS) is 1. The molecule has 0 aliphatic carbocycles. The Hall–Kier alpha value is -1.68. The smallest absolute Gasteiger partial charge is 0.308 e. The molecule has 1 aromatic heterocycles. The Kier molecular flexibility index (Phi) is 3.54. The monoisotopic (exact) mass is 247 g/mol. The van der Waals surface area contributed by atoms with Crippen LogP contribution in [0.4, 0.5) is 0 Å². The number of carboxylic acids is 1. The molecule has 1 aromatic carbocycles. The van der Waals surface area contributed by atoms with Crippen molar-refractivity contribution in [2.75, 3.05) is 0 Å². The van der Waals surface area contributed by atoms with Crippen LogP contribution in [0.3, 0.4) is 0 Å². The lowest BCUT2D eigenvalue weighted by atomic mass is 10.1. The Labute approximate surface area is 104 Å². The molecular formula is C13H13NO2S. The maximum atomic E-state index is 10.6. The Morgan fingerprint density at radius 3 is 2.65 bits per heavy atom. The van der Waals surface area contributed by atoms with Gasteiger partial charge in [-0.15, -0.1) is 11.3 Å². The Morgan fingerprint density at radius 2 is 2.06 bits per heavy atom. The van der Waals surface area contributed by atoms with Crippen LogP contribution in [0, 0.1) is 0 Å². The first-order valence-corrected chi connectivity index (χ1v) is 6.26. The predicted molar refractivity (Wildman–Crippen MR) is 68.3 cm³/mol. The molecule has 0 radical (unpaired) electrons. The standard InChI is InChI=1S/C13H13NO2S/c1-2-9-3-5-10(6-4-9)13-14-8-11(17-13)7-12(15)16/h3-6,8H,2,7H2,1H3,(H,15,16). The summed E-state index contributed by atoms with van der Waals surface area (Å²) in [6.07, 6.45) is 2.70. The second kappa shape index (κ2) is 5.10. The Morgan fingerprint density at radius 1 is 1.35 bits per heavy atom. The molecule has 1 N–H and O–H groups in total. The van der Waals surface area contributed by atoms with Crippen molar-refractivity contribution in [3.8, 4) is 10.6 Å². The van der Waals surface area contributed by atoms with Crippen molar-refractivity contribution in [3.05, 3.63) is 40.9 Å². The van der Waals surface area contributed by atoms with Crippen LogP contribution >= 0.6 is 11.3 Å². The van der Waals surface area contributed by atoms with Crippen LogP contribution in [0.1, 0.15) is 17.4 Å². The van der Waals surface area contributed by atoms with Gasteiger partial charge in [0, 0.05) is 16.6 Å². The van der Waals surface area contributed by atoms with Gasteiger partial charge in [0.1, 0.15) is 5.01 Å². The van der Waals surface area contributed by atoms with E-state index in [0.29, 0.717) is 0 Å². The van der Waals surface area contributed by atoms with Crippen molar-refractivity contribution in [1.29, 1.82) is 0 Å². The van der Waals surface area contributed by atoms with Crippen LogP contribution < -0.4 is 0 Å². The Bertz CT molecular complexity index is 516. The largest absolute Gasteiger partial charge is 0.481 e. The minimum absolute atomic E-state index is 0.0463. The highest BCUT2D eigenvalue weighted by Gasteiger charge is 2.07. The number of aliphatic carboxylic acids is 1. The maximum absolute atomic E-state index is 10.6. The van der Waals surface area contributed by atoms with Crippen LogP contribution in [0.2, 0.25) is 0 Å². The number of thiazole rings is 1. The zero-order chi connectivity index (χ0) is 12.3. The third-order valence-corrected chi connectivity index (χ3v) is 3.53. The SMILES string of the molecule is CCc1ccc(-c2ncc(CC(=O)O)s2)cc1. The van der Waals surface area contributed by atoms with Crippen LogP contribution in [-0.4, -0.2) is 16.1 Å². The first kappa shape index (κ1) is 11.8. The van der Waals surface area contributed by atoms with Gasteiger partial charge in [-0.25, -0.2) is 4.98 Å². The zero-order valence-electron chi connectivity index (χ0n) is 9.51. The molecule has 0 aliphatic rings. The summed E-state index contributed by atoms with van der Waals surface area (Å²) in [5.41, 5.74) is 2.33. The molecule has 0 bridgehead atoms. The van der Waals surface area contributed by atoms with E-state index in [2.05, 4.69) is 24.0 Å². The van der Waals surface area contributed by atoms with E-state index in [1.807, 2.05) is 12.1 Å². The lowest BCUT2D eigenvalue weighted by Crippen LogP contribution is -1.97. The summed E-state index contributed by atoms with van der Waals surface area (Å²) in [5, 5.41) is 9.57. The predicted octanol–water partition coefficient (Wildman–Crippen LogP) is 3.00. The molecule has 2 rings (SSSR count). The maximum Gasteiger partial charge on any atom is 0.308 e. The molecule has 0 fully saturated rings. The quantitative estimate of drug-likeness (QED) is 0.903. The molecule has 17 heavy (non-hydrogen) atoms. The van der Waals surface area contributed by atoms with E-state index in [0.717, 1.165) is 21.9 Å². The summed E-state index contributed by atoms with van der Waals surface area (Å²) in [7, 11) is 0. The van der Waals surface area contributed by atoms with Crippen molar-refractivity contribution >= 4 is 17.3 Å². The molecule has 0 amide bonds. The normalized spacial score (nSPS) is 10.4. The number of hydrogen-bond acceptors (Lipinski definition) is 3. The fourth-order valence-electron chi connectivity index (χ4n) is 1.55. The zero-order valence-corrected chi connectivity index (χ0v) is 10.3. The molecule has 0 saturated carbocycles. The molecule has 2 aromatic rings. The van der Waals surface area contributed by atoms with E-state index in [1.165, 1.54) is 16.9 Å². The van der Waals surface area contributed by atoms with E-state index in [-0.39, 0.29) is 6.42 Å². The minimum Gasteiger partial charge on any atom is -0.481 e. The van der Waals surface area contributed by atoms with Crippen molar-refractivity contribution in [2.24, 2.45) is 0 Å². The number of hydrogen-bond donors (Lipinski definition) is 1. The van der Waals surface area contributed by atoms with Crippen LogP contribution in [-0.2, 0) is 17.6 Å². The average molecular weight is 247 g/mol. The highest BCUT2D eigenvalue weighted by atomic mass is 32.1. The highest BCUT2D eigenvalue weighted by molar-refractivity contribution is 7.15. The summed E-state index contributed by atoms with van der Waals surface area (Å²) in [6, 6.07) is 8.21. The molecule has 0 atom stereocenters. The molecule has 0 saturated heterocycles. The van der Waals surface area contributed by atoms with E-state index in [4.69, 9.17) is 5.11 Å². The van der Waals surface area contributed by atoms with Crippen LogP contribution in [0.25, 0.3) is 10.6 Å². The summed E-state index contributed by atoms with van der Waals surface area (Å²) >= 11 is 1.44. The molecule has 0 unspecified atom stereocenters. The van der Waals surface area contributed by atoms with E-state index < -0.39 is 5.97 Å². The second-order valence-corrected chi connectivity index (χ2v) is 4.87. The number of aromatic nitrogens is 1. The van der Waals surface area contributed by atoms with Gasteiger partial charge in [-0.2, -0.15) is 0 Å². The van der Waals surface area contributed by atoms with Crippen LogP contribution in [0.5, 0.6) is 0 Å². The Balaban J connectivity index is 2.21. The minimum atomic E-state index is -0.818. The summed E-state index contributed by atoms with van der Waals surface area (Å²) in [6.45, 7) is 2.11. The van der Waals surface area contributed by atoms with Gasteiger partial charge in [0.15, 0.2) is 0 Å². The number of nitrogens with zero attached hydrogens (tertiary/aromatic N) is 1. The molecule has 4 heteroatoms. The van der Waals surface area contributed by atoms with Gasteiger partial charge in [0.2, 0.25) is 0 Å². The van der Waals surface area contributed by atoms with Crippen molar-refractivity contribution < 1.29 is 9.90 Å². The van der Waals surface area contributed by atoms with Crippen molar-refractivity contribution in [3.63, 3.8) is 0 Å². The number of aryl methyl sites for hydroxylation is 1. The molecule has 0 spiro atoms. The van der Waals surface area contributed by atoms with Gasteiger partial charge in [0.05, 0.1) is 6.42 Å². The fourth-order valence-corrected chi connectivity index (χ4v) is 2.46. The lowest BCUT2D eigenvalue weighted by molar-refractivity contribution is -0.136. The number of carbonyl (C=O) groups is 1. The van der Waals surface area contributed by atoms with E-state index >= 15 is 0 Å². The highest BCUT2D eigenvalue weighted by Crippen LogP contribution is 2.25. The third kappa shape index (κ3) is 2.91. The van der Waals surface area contributed by atoms with Crippen molar-refractivity contribution in [1.82, 2.24) is 4.98 Å². The van der Waals surface area contributed by atoms with Gasteiger partial charge < -0.3 is 5.11 Å². The van der Waals surface area contributed by atoms with E-state index in [1.54, 1.807) is 6.20 Å². The first-order chi connectivity index (χ1) is 8.19. The van der Waals surface area contributed by atoms with Crippen molar-refractivity contribution in [2.45, 2.75) is 19.8 Å². The lowest BCUT2D eigenvalue weighted by Gasteiger charge is -1.98. The third-order valence-electron chi connectivity index (χ3n) is 2.49. The van der Waals surface area contributed by atoms with Gasteiger partial charge in [-0.3, -0.25) is 4.79 Å². The fraction of sp³-hybridized carbons (Fsp3) is 0.231. The van der Waals surface area contributed by atoms with Gasteiger partial charge in [-0.1, -0.05) is 31.2 Å². The van der Waals surface area contributed by atoms with Gasteiger partial charge in [-0.05, 0) is 12.0 Å². The second-order valence-electron chi connectivity index (χ2n) is 3.75. The molecule has 1 heterocycles. The first-order valence-electron chi connectivity index (χ1n) is 5.45. The molecule has 3 nitrogen and oxygen atoms in total. The average Bonchev–Trinajstić information content (AvgIpc) is 2.77. The number of benzene rings is 1. The van der Waals surface area contributed by atoms with Gasteiger partial charge >= 0.3 is 5.97 Å².